The summed E-state index contributed by atoms with van der Waals surface area (Å²) in [5, 5.41) is 12.8. The molecule has 22 heavy (non-hydrogen) atoms. The van der Waals surface area contributed by atoms with Crippen molar-refractivity contribution < 1.29 is 9.53 Å². The van der Waals surface area contributed by atoms with Gasteiger partial charge in [0.05, 0.1) is 13.3 Å². The molecule has 0 saturated heterocycles. The minimum atomic E-state index is -0.248. The van der Waals surface area contributed by atoms with E-state index in [0.29, 0.717) is 11.6 Å². The molecule has 0 radical (unpaired) electrons. The predicted molar refractivity (Wildman–Crippen MR) is 82.1 cm³/mol. The molecule has 2 aromatic heterocycles. The number of hydrogen-bond donors (Lipinski definition) is 3. The maximum atomic E-state index is 12.2. The Hall–Kier alpha value is -2.57. The Bertz CT molecular complexity index is 682. The maximum Gasteiger partial charge on any atom is 0.319 e. The van der Waals surface area contributed by atoms with Crippen molar-refractivity contribution in [1.82, 2.24) is 20.5 Å². The SMILES string of the molecule is COc1ncc(C)cc1NC(=O)N[C@H]1CCc2[nH]ncc2C1. The second kappa shape index (κ2) is 6.05. The number of urea groups is 1. The number of methoxy groups -OCH3 is 1. The van der Waals surface area contributed by atoms with Crippen LogP contribution >= 0.6 is 0 Å². The van der Waals surface area contributed by atoms with Gasteiger partial charge >= 0.3 is 6.03 Å². The van der Waals surface area contributed by atoms with E-state index in [4.69, 9.17) is 4.74 Å². The number of nitrogens with one attached hydrogen (secondary N) is 3. The molecule has 1 atom stereocenters. The Labute approximate surface area is 128 Å². The average Bonchev–Trinajstić information content (AvgIpc) is 2.95. The van der Waals surface area contributed by atoms with Crippen LogP contribution in [0.3, 0.4) is 0 Å². The van der Waals surface area contributed by atoms with E-state index in [0.717, 1.165) is 24.8 Å². The molecule has 0 bridgehead atoms. The average molecular weight is 301 g/mol. The molecule has 2 heterocycles. The van der Waals surface area contributed by atoms with Gasteiger partial charge in [-0.25, -0.2) is 9.78 Å². The summed E-state index contributed by atoms with van der Waals surface area (Å²) < 4.78 is 5.16. The quantitative estimate of drug-likeness (QED) is 0.806. The van der Waals surface area contributed by atoms with Crippen LogP contribution < -0.4 is 15.4 Å². The van der Waals surface area contributed by atoms with Crippen LogP contribution in [0.4, 0.5) is 10.5 Å². The number of aromatic amines is 1. The number of carbonyl (C=O) groups is 1. The molecule has 3 rings (SSSR count). The monoisotopic (exact) mass is 301 g/mol. The van der Waals surface area contributed by atoms with Gasteiger partial charge in [-0.05, 0) is 43.4 Å². The lowest BCUT2D eigenvalue weighted by atomic mass is 9.94. The van der Waals surface area contributed by atoms with Gasteiger partial charge in [0.25, 0.3) is 0 Å². The molecular weight excluding hydrogens is 282 g/mol. The van der Waals surface area contributed by atoms with Crippen LogP contribution in [0, 0.1) is 6.92 Å². The Balaban J connectivity index is 1.63. The highest BCUT2D eigenvalue weighted by molar-refractivity contribution is 5.90. The number of nitrogens with zero attached hydrogens (tertiary/aromatic N) is 2. The van der Waals surface area contributed by atoms with Gasteiger partial charge < -0.3 is 15.4 Å². The van der Waals surface area contributed by atoms with Gasteiger partial charge in [-0.1, -0.05) is 0 Å². The number of hydrogen-bond acceptors (Lipinski definition) is 4. The molecule has 7 nitrogen and oxygen atoms in total. The van der Waals surface area contributed by atoms with Crippen LogP contribution in [0.5, 0.6) is 5.88 Å². The number of carbonyl (C=O) groups excluding carboxylic acids is 1. The van der Waals surface area contributed by atoms with Crippen molar-refractivity contribution in [2.75, 3.05) is 12.4 Å². The van der Waals surface area contributed by atoms with Gasteiger partial charge in [-0.3, -0.25) is 5.10 Å². The molecule has 3 N–H and O–H groups in total. The molecule has 116 valence electrons. The largest absolute Gasteiger partial charge is 0.480 e. The third-order valence-corrected chi connectivity index (χ3v) is 3.78. The molecule has 2 amide bonds. The topological polar surface area (TPSA) is 91.9 Å². The number of pyridine rings is 1. The van der Waals surface area contributed by atoms with Crippen molar-refractivity contribution >= 4 is 11.7 Å². The number of aromatic nitrogens is 3. The number of fused-ring (bicyclic) bond motifs is 1. The zero-order valence-corrected chi connectivity index (χ0v) is 12.6. The van der Waals surface area contributed by atoms with E-state index in [2.05, 4.69) is 25.8 Å². The van der Waals surface area contributed by atoms with Gasteiger partial charge in [-0.15, -0.1) is 0 Å². The first-order valence-electron chi connectivity index (χ1n) is 7.25. The molecule has 2 aromatic rings. The summed E-state index contributed by atoms with van der Waals surface area (Å²) in [6.45, 7) is 1.91. The number of ether oxygens (including phenoxy) is 1. The normalized spacial score (nSPS) is 16.7. The van der Waals surface area contributed by atoms with Gasteiger partial charge in [0.2, 0.25) is 5.88 Å². The fourth-order valence-corrected chi connectivity index (χ4v) is 2.69. The number of aryl methyl sites for hydroxylation is 2. The summed E-state index contributed by atoms with van der Waals surface area (Å²) in [7, 11) is 1.53. The molecule has 0 aromatic carbocycles. The predicted octanol–water partition coefficient (Wildman–Crippen LogP) is 1.80. The first-order chi connectivity index (χ1) is 10.7. The molecule has 1 aliphatic carbocycles. The zero-order valence-electron chi connectivity index (χ0n) is 12.6. The molecule has 1 aliphatic rings. The summed E-state index contributed by atoms with van der Waals surface area (Å²) in [5.74, 6) is 0.404. The highest BCUT2D eigenvalue weighted by atomic mass is 16.5. The van der Waals surface area contributed by atoms with Crippen LogP contribution in [0.25, 0.3) is 0 Å². The fourth-order valence-electron chi connectivity index (χ4n) is 2.69. The summed E-state index contributed by atoms with van der Waals surface area (Å²) in [5.41, 5.74) is 3.87. The number of anilines is 1. The second-order valence-corrected chi connectivity index (χ2v) is 5.48. The van der Waals surface area contributed by atoms with Crippen LogP contribution in [0.1, 0.15) is 23.2 Å². The zero-order chi connectivity index (χ0) is 15.5. The molecule has 0 saturated carbocycles. The van der Waals surface area contributed by atoms with Crippen LogP contribution in [-0.2, 0) is 12.8 Å². The van der Waals surface area contributed by atoms with E-state index in [1.807, 2.05) is 19.2 Å². The number of H-pyrrole nitrogens is 1. The maximum absolute atomic E-state index is 12.2. The third-order valence-electron chi connectivity index (χ3n) is 3.78. The summed E-state index contributed by atoms with van der Waals surface area (Å²) >= 11 is 0. The van der Waals surface area contributed by atoms with Crippen molar-refractivity contribution in [2.45, 2.75) is 32.2 Å². The van der Waals surface area contributed by atoms with E-state index in [-0.39, 0.29) is 12.1 Å². The van der Waals surface area contributed by atoms with E-state index in [1.54, 1.807) is 6.20 Å². The summed E-state index contributed by atoms with van der Waals surface area (Å²) in [6.07, 6.45) is 6.11. The van der Waals surface area contributed by atoms with E-state index >= 15 is 0 Å². The van der Waals surface area contributed by atoms with Crippen molar-refractivity contribution in [2.24, 2.45) is 0 Å². The highest BCUT2D eigenvalue weighted by Gasteiger charge is 2.21. The minimum Gasteiger partial charge on any atom is -0.480 e. The van der Waals surface area contributed by atoms with Crippen molar-refractivity contribution in [3.05, 3.63) is 35.3 Å². The van der Waals surface area contributed by atoms with Gasteiger partial charge in [0.15, 0.2) is 0 Å². The molecular formula is C15H19N5O2. The summed E-state index contributed by atoms with van der Waals surface area (Å²) in [4.78, 5) is 16.3. The standard InChI is InChI=1S/C15H19N5O2/c1-9-5-13(14(22-2)16-7-9)19-15(21)18-11-3-4-12-10(6-11)8-17-20-12/h5,7-8,11H,3-4,6H2,1-2H3,(H,17,20)(H2,18,19,21)/t11-/m0/s1. The van der Waals surface area contributed by atoms with Crippen molar-refractivity contribution in [3.63, 3.8) is 0 Å². The Morgan fingerprint density at radius 3 is 3.14 bits per heavy atom. The number of rotatable bonds is 3. The van der Waals surface area contributed by atoms with E-state index < -0.39 is 0 Å². The van der Waals surface area contributed by atoms with Gasteiger partial charge in [0.1, 0.15) is 5.69 Å². The van der Waals surface area contributed by atoms with E-state index in [9.17, 15) is 4.79 Å². The molecule has 0 unspecified atom stereocenters. The second-order valence-electron chi connectivity index (χ2n) is 5.48. The number of amides is 2. The van der Waals surface area contributed by atoms with Gasteiger partial charge in [-0.2, -0.15) is 5.10 Å². The smallest absolute Gasteiger partial charge is 0.319 e. The van der Waals surface area contributed by atoms with Crippen LogP contribution in [0.15, 0.2) is 18.5 Å². The van der Waals surface area contributed by atoms with Crippen molar-refractivity contribution in [1.29, 1.82) is 0 Å². The lowest BCUT2D eigenvalue weighted by Gasteiger charge is -2.23. The van der Waals surface area contributed by atoms with E-state index in [1.165, 1.54) is 18.4 Å². The van der Waals surface area contributed by atoms with Gasteiger partial charge in [0, 0.05) is 17.9 Å². The first-order valence-corrected chi connectivity index (χ1v) is 7.25. The highest BCUT2D eigenvalue weighted by Crippen LogP contribution is 2.22. The lowest BCUT2D eigenvalue weighted by molar-refractivity contribution is 0.247. The van der Waals surface area contributed by atoms with Crippen LogP contribution in [-0.4, -0.2) is 34.4 Å². The first kappa shape index (κ1) is 14.4. The minimum absolute atomic E-state index is 0.105. The third kappa shape index (κ3) is 3.03. The van der Waals surface area contributed by atoms with Crippen molar-refractivity contribution in [3.8, 4) is 5.88 Å². The van der Waals surface area contributed by atoms with Crippen LogP contribution in [0.2, 0.25) is 0 Å². The molecule has 7 heteroatoms. The Morgan fingerprint density at radius 2 is 2.32 bits per heavy atom. The Morgan fingerprint density at radius 1 is 1.45 bits per heavy atom. The summed E-state index contributed by atoms with van der Waals surface area (Å²) in [6, 6.07) is 1.69. The fraction of sp³-hybridized carbons (Fsp3) is 0.400. The molecule has 0 fully saturated rings. The molecule has 0 spiro atoms. The Kier molecular flexibility index (Phi) is 3.95. The molecule has 0 aliphatic heterocycles. The lowest BCUT2D eigenvalue weighted by Crippen LogP contribution is -2.41.